The van der Waals surface area contributed by atoms with Crippen LogP contribution in [0.2, 0.25) is 0 Å². The summed E-state index contributed by atoms with van der Waals surface area (Å²) in [4.78, 5) is 4.06. The van der Waals surface area contributed by atoms with E-state index in [1.165, 1.54) is 0 Å². The van der Waals surface area contributed by atoms with Crippen LogP contribution in [0.3, 0.4) is 0 Å². The third-order valence-corrected chi connectivity index (χ3v) is 2.07. The zero-order valence-corrected chi connectivity index (χ0v) is 8.71. The molecule has 1 atom stereocenters. The van der Waals surface area contributed by atoms with E-state index in [1.54, 1.807) is 12.5 Å². The Kier molecular flexibility index (Phi) is 2.33. The standard InChI is InChI=1S/C10H10ClNO2/c1-6-3-8(5-13-6)9-4-12-10(14-9)7(2)11/h3-5,7H,1-2H3. The SMILES string of the molecule is Cc1cc(-c2cnc(C(C)Cl)o2)co1. The van der Waals surface area contributed by atoms with Gasteiger partial charge >= 0.3 is 0 Å². The lowest BCUT2D eigenvalue weighted by Gasteiger charge is -1.93. The Morgan fingerprint density at radius 2 is 2.29 bits per heavy atom. The molecule has 0 bridgehead atoms. The molecule has 0 fully saturated rings. The largest absolute Gasteiger partial charge is 0.469 e. The molecule has 0 amide bonds. The van der Waals surface area contributed by atoms with Crippen molar-refractivity contribution in [3.8, 4) is 11.3 Å². The third-order valence-electron chi connectivity index (χ3n) is 1.88. The lowest BCUT2D eigenvalue weighted by molar-refractivity contribution is 0.505. The first-order chi connectivity index (χ1) is 6.66. The van der Waals surface area contributed by atoms with Crippen LogP contribution in [-0.4, -0.2) is 4.98 Å². The molecule has 2 aromatic rings. The normalized spacial score (nSPS) is 13.1. The average molecular weight is 212 g/mol. The lowest BCUT2D eigenvalue weighted by atomic mass is 10.3. The molecule has 0 radical (unpaired) electrons. The maximum absolute atomic E-state index is 5.83. The van der Waals surface area contributed by atoms with Gasteiger partial charge in [0, 0.05) is 0 Å². The molecule has 4 heteroatoms. The number of hydrogen-bond donors (Lipinski definition) is 0. The van der Waals surface area contributed by atoms with Gasteiger partial charge in [-0.1, -0.05) is 0 Å². The summed E-state index contributed by atoms with van der Waals surface area (Å²) in [5.41, 5.74) is 0.888. The minimum Gasteiger partial charge on any atom is -0.469 e. The van der Waals surface area contributed by atoms with E-state index in [1.807, 2.05) is 19.9 Å². The van der Waals surface area contributed by atoms with Crippen LogP contribution < -0.4 is 0 Å². The average Bonchev–Trinajstić information content (AvgIpc) is 2.70. The zero-order chi connectivity index (χ0) is 10.1. The summed E-state index contributed by atoms with van der Waals surface area (Å²) in [7, 11) is 0. The van der Waals surface area contributed by atoms with E-state index in [9.17, 15) is 0 Å². The van der Waals surface area contributed by atoms with Crippen molar-refractivity contribution in [2.75, 3.05) is 0 Å². The molecule has 0 aliphatic rings. The molecule has 1 unspecified atom stereocenters. The van der Waals surface area contributed by atoms with Crippen LogP contribution in [0.1, 0.15) is 24.0 Å². The molecule has 2 aromatic heterocycles. The van der Waals surface area contributed by atoms with Gasteiger partial charge in [-0.3, -0.25) is 0 Å². The molecule has 0 aliphatic carbocycles. The fraction of sp³-hybridized carbons (Fsp3) is 0.300. The lowest BCUT2D eigenvalue weighted by Crippen LogP contribution is -1.80. The van der Waals surface area contributed by atoms with E-state index in [2.05, 4.69) is 4.98 Å². The third kappa shape index (κ3) is 1.68. The van der Waals surface area contributed by atoms with Crippen LogP contribution in [0, 0.1) is 6.92 Å². The predicted octanol–water partition coefficient (Wildman–Crippen LogP) is 3.54. The van der Waals surface area contributed by atoms with Crippen molar-refractivity contribution in [1.29, 1.82) is 0 Å². The van der Waals surface area contributed by atoms with Crippen molar-refractivity contribution in [3.05, 3.63) is 30.2 Å². The van der Waals surface area contributed by atoms with E-state index in [0.717, 1.165) is 11.3 Å². The molecule has 3 nitrogen and oxygen atoms in total. The smallest absolute Gasteiger partial charge is 0.212 e. The summed E-state index contributed by atoms with van der Waals surface area (Å²) < 4.78 is 10.6. The number of oxazole rings is 1. The van der Waals surface area contributed by atoms with Crippen molar-refractivity contribution in [1.82, 2.24) is 4.98 Å². The second kappa shape index (κ2) is 3.50. The molecule has 0 spiro atoms. The van der Waals surface area contributed by atoms with Crippen LogP contribution in [0.4, 0.5) is 0 Å². The number of aryl methyl sites for hydroxylation is 1. The Morgan fingerprint density at radius 3 is 2.79 bits per heavy atom. The molecule has 0 saturated heterocycles. The highest BCUT2D eigenvalue weighted by atomic mass is 35.5. The van der Waals surface area contributed by atoms with Crippen molar-refractivity contribution >= 4 is 11.6 Å². The van der Waals surface area contributed by atoms with E-state index >= 15 is 0 Å². The fourth-order valence-electron chi connectivity index (χ4n) is 1.18. The van der Waals surface area contributed by atoms with E-state index in [0.29, 0.717) is 11.7 Å². The number of nitrogens with zero attached hydrogens (tertiary/aromatic N) is 1. The fourth-order valence-corrected chi connectivity index (χ4v) is 1.28. The molecule has 0 aromatic carbocycles. The molecule has 14 heavy (non-hydrogen) atoms. The molecule has 74 valence electrons. The number of alkyl halides is 1. The Bertz CT molecular complexity index is 431. The Hall–Kier alpha value is -1.22. The van der Waals surface area contributed by atoms with Gasteiger partial charge in [0.25, 0.3) is 0 Å². The molecule has 0 N–H and O–H groups in total. The Balaban J connectivity index is 2.33. The summed E-state index contributed by atoms with van der Waals surface area (Å²) in [5.74, 6) is 2.06. The molecule has 2 heterocycles. The molecular formula is C10H10ClNO2. The van der Waals surface area contributed by atoms with Crippen molar-refractivity contribution < 1.29 is 8.83 Å². The number of rotatable bonds is 2. The summed E-state index contributed by atoms with van der Waals surface area (Å²) >= 11 is 5.83. The van der Waals surface area contributed by atoms with E-state index in [4.69, 9.17) is 20.4 Å². The van der Waals surface area contributed by atoms with Crippen LogP contribution in [-0.2, 0) is 0 Å². The van der Waals surface area contributed by atoms with E-state index < -0.39 is 0 Å². The summed E-state index contributed by atoms with van der Waals surface area (Å²) in [5, 5.41) is -0.211. The first kappa shape index (κ1) is 9.34. The second-order valence-electron chi connectivity index (χ2n) is 3.12. The molecule has 0 saturated carbocycles. The Morgan fingerprint density at radius 1 is 1.50 bits per heavy atom. The maximum Gasteiger partial charge on any atom is 0.212 e. The zero-order valence-electron chi connectivity index (χ0n) is 7.95. The van der Waals surface area contributed by atoms with Gasteiger partial charge in [-0.2, -0.15) is 0 Å². The predicted molar refractivity (Wildman–Crippen MR) is 53.2 cm³/mol. The van der Waals surface area contributed by atoms with Gasteiger partial charge in [0.1, 0.15) is 17.4 Å². The summed E-state index contributed by atoms with van der Waals surface area (Å²) in [6, 6.07) is 1.89. The Labute approximate surface area is 86.7 Å². The minimum absolute atomic E-state index is 0.211. The van der Waals surface area contributed by atoms with Crippen LogP contribution in [0.5, 0.6) is 0 Å². The number of halogens is 1. The highest BCUT2D eigenvalue weighted by Crippen LogP contribution is 2.26. The van der Waals surface area contributed by atoms with Gasteiger partial charge in [-0.15, -0.1) is 11.6 Å². The maximum atomic E-state index is 5.83. The van der Waals surface area contributed by atoms with Crippen LogP contribution in [0.15, 0.2) is 27.4 Å². The van der Waals surface area contributed by atoms with Gasteiger partial charge in [0.15, 0.2) is 5.76 Å². The van der Waals surface area contributed by atoms with Gasteiger partial charge in [-0.25, -0.2) is 4.98 Å². The number of furan rings is 1. The molecular weight excluding hydrogens is 202 g/mol. The highest BCUT2D eigenvalue weighted by molar-refractivity contribution is 6.20. The molecule has 0 aliphatic heterocycles. The van der Waals surface area contributed by atoms with E-state index in [-0.39, 0.29) is 5.38 Å². The van der Waals surface area contributed by atoms with Gasteiger partial charge in [0.05, 0.1) is 11.8 Å². The quantitative estimate of drug-likeness (QED) is 0.714. The van der Waals surface area contributed by atoms with Gasteiger partial charge in [0.2, 0.25) is 5.89 Å². The van der Waals surface area contributed by atoms with Crippen molar-refractivity contribution in [2.24, 2.45) is 0 Å². The van der Waals surface area contributed by atoms with Crippen LogP contribution >= 0.6 is 11.6 Å². The summed E-state index contributed by atoms with van der Waals surface area (Å²) in [6.45, 7) is 3.70. The van der Waals surface area contributed by atoms with Gasteiger partial charge in [-0.05, 0) is 19.9 Å². The molecule has 2 rings (SSSR count). The highest BCUT2D eigenvalue weighted by Gasteiger charge is 2.11. The van der Waals surface area contributed by atoms with Crippen molar-refractivity contribution in [3.63, 3.8) is 0 Å². The topological polar surface area (TPSA) is 39.2 Å². The first-order valence-electron chi connectivity index (χ1n) is 4.32. The second-order valence-corrected chi connectivity index (χ2v) is 3.78. The summed E-state index contributed by atoms with van der Waals surface area (Å²) in [6.07, 6.45) is 3.29. The number of aromatic nitrogens is 1. The first-order valence-corrected chi connectivity index (χ1v) is 4.76. The van der Waals surface area contributed by atoms with Gasteiger partial charge < -0.3 is 8.83 Å². The van der Waals surface area contributed by atoms with Crippen LogP contribution in [0.25, 0.3) is 11.3 Å². The monoisotopic (exact) mass is 211 g/mol. The minimum atomic E-state index is -0.211. The number of hydrogen-bond acceptors (Lipinski definition) is 3. The van der Waals surface area contributed by atoms with Crippen molar-refractivity contribution in [2.45, 2.75) is 19.2 Å².